The molecule has 1 aliphatic carbocycles. The van der Waals surface area contributed by atoms with Gasteiger partial charge in [-0.3, -0.25) is 4.79 Å². The van der Waals surface area contributed by atoms with Crippen LogP contribution in [0.1, 0.15) is 22.5 Å². The van der Waals surface area contributed by atoms with Crippen molar-refractivity contribution in [3.63, 3.8) is 0 Å². The van der Waals surface area contributed by atoms with Gasteiger partial charge in [0.15, 0.2) is 23.1 Å². The normalized spacial score (nSPS) is 16.5. The number of aromatic nitrogens is 6. The Bertz CT molecular complexity index is 1860. The Kier molecular flexibility index (Phi) is 5.50. The van der Waals surface area contributed by atoms with Crippen molar-refractivity contribution in [2.24, 2.45) is 5.92 Å². The standard InChI is InChI=1S/C29H28N8O4/c1-36(13-17-3-7-19(39-2)8-4-17)28-26-22(11-24(33-34-26)31-29(38)18-5-6-18)23(12-30-28)27-32-25-10-9-20(14-37(25)35-27)41-21-15-40-16-21/h3-4,7-12,14,18,21H,5-6,13,15-16H2,1-2H3,(H,31,33,38)/i1D3. The van der Waals surface area contributed by atoms with Crippen molar-refractivity contribution < 1.29 is 23.1 Å². The zero-order chi connectivity index (χ0) is 30.4. The largest absolute Gasteiger partial charge is 0.497 e. The molecule has 1 aliphatic heterocycles. The molecule has 208 valence electrons. The monoisotopic (exact) mass is 555 g/mol. The Morgan fingerprint density at radius 3 is 2.73 bits per heavy atom. The van der Waals surface area contributed by atoms with Crippen LogP contribution in [0.15, 0.2) is 54.9 Å². The lowest BCUT2D eigenvalue weighted by atomic mass is 10.1. The van der Waals surface area contributed by atoms with Crippen molar-refractivity contribution in [2.75, 3.05) is 37.5 Å². The van der Waals surface area contributed by atoms with Gasteiger partial charge in [0, 0.05) is 40.7 Å². The van der Waals surface area contributed by atoms with E-state index in [9.17, 15) is 4.79 Å². The van der Waals surface area contributed by atoms with Crippen molar-refractivity contribution in [1.82, 2.24) is 29.8 Å². The molecule has 5 heterocycles. The molecule has 0 radical (unpaired) electrons. The SMILES string of the molecule is [2H]C([2H])([2H])N(Cc1ccc(OC)cc1)c1ncc(-c2nc3ccc(OC4COC4)cn3n2)c2cc(NC(=O)C3CC3)nnc12. The molecule has 2 fully saturated rings. The molecule has 12 heteroatoms. The molecule has 1 aromatic carbocycles. The Balaban J connectivity index is 1.31. The number of ether oxygens (including phenoxy) is 3. The molecule has 12 nitrogen and oxygen atoms in total. The van der Waals surface area contributed by atoms with Crippen LogP contribution in [0, 0.1) is 5.92 Å². The topological polar surface area (TPSA) is 129 Å². The molecule has 1 N–H and O–H groups in total. The number of anilines is 2. The third-order valence-corrected chi connectivity index (χ3v) is 7.02. The van der Waals surface area contributed by atoms with Crippen LogP contribution in [-0.2, 0) is 16.1 Å². The van der Waals surface area contributed by atoms with E-state index in [1.165, 1.54) is 11.1 Å². The number of hydrogen-bond acceptors (Lipinski definition) is 10. The summed E-state index contributed by atoms with van der Waals surface area (Å²) in [7, 11) is 1.57. The third kappa shape index (κ3) is 5.09. The van der Waals surface area contributed by atoms with E-state index in [2.05, 4.69) is 30.6 Å². The van der Waals surface area contributed by atoms with Crippen LogP contribution in [-0.4, -0.2) is 69.1 Å². The van der Waals surface area contributed by atoms with Gasteiger partial charge in [-0.2, -0.15) is 0 Å². The molecule has 0 unspecified atom stereocenters. The summed E-state index contributed by atoms with van der Waals surface area (Å²) in [5, 5.41) is 16.6. The lowest BCUT2D eigenvalue weighted by Gasteiger charge is -2.26. The number of hydrogen-bond donors (Lipinski definition) is 1. The van der Waals surface area contributed by atoms with E-state index in [1.54, 1.807) is 54.2 Å². The summed E-state index contributed by atoms with van der Waals surface area (Å²) >= 11 is 0. The van der Waals surface area contributed by atoms with Gasteiger partial charge in [-0.15, -0.1) is 15.3 Å². The number of fused-ring (bicyclic) bond motifs is 2. The van der Waals surface area contributed by atoms with Crippen molar-refractivity contribution in [2.45, 2.75) is 25.5 Å². The van der Waals surface area contributed by atoms with Gasteiger partial charge in [-0.05, 0) is 48.7 Å². The van der Waals surface area contributed by atoms with Crippen LogP contribution in [0.25, 0.3) is 27.9 Å². The molecule has 0 spiro atoms. The van der Waals surface area contributed by atoms with Crippen LogP contribution >= 0.6 is 0 Å². The number of pyridine rings is 2. The number of carbonyl (C=O) groups is 1. The van der Waals surface area contributed by atoms with Gasteiger partial charge in [-0.1, -0.05) is 12.1 Å². The second-order valence-electron chi connectivity index (χ2n) is 10.1. The molecule has 1 saturated carbocycles. The highest BCUT2D eigenvalue weighted by molar-refractivity contribution is 6.01. The molecular weight excluding hydrogens is 524 g/mol. The lowest BCUT2D eigenvalue weighted by Crippen LogP contribution is -2.38. The van der Waals surface area contributed by atoms with E-state index in [4.69, 9.17) is 18.3 Å². The summed E-state index contributed by atoms with van der Waals surface area (Å²) in [6, 6.07) is 12.4. The first-order valence-corrected chi connectivity index (χ1v) is 13.2. The Labute approximate surface area is 239 Å². The number of methoxy groups -OCH3 is 1. The van der Waals surface area contributed by atoms with Crippen LogP contribution in [0.4, 0.5) is 11.6 Å². The van der Waals surface area contributed by atoms with E-state index < -0.39 is 6.98 Å². The minimum Gasteiger partial charge on any atom is -0.497 e. The highest BCUT2D eigenvalue weighted by Gasteiger charge is 2.30. The summed E-state index contributed by atoms with van der Waals surface area (Å²) in [6.45, 7) is -1.47. The van der Waals surface area contributed by atoms with Crippen molar-refractivity contribution in [1.29, 1.82) is 0 Å². The minimum absolute atomic E-state index is 0.00180. The molecule has 41 heavy (non-hydrogen) atoms. The molecule has 0 bridgehead atoms. The summed E-state index contributed by atoms with van der Waals surface area (Å²) in [5.41, 5.74) is 2.02. The molecule has 1 amide bonds. The van der Waals surface area contributed by atoms with E-state index in [1.807, 2.05) is 6.07 Å². The number of nitrogens with one attached hydrogen (secondary N) is 1. The molecular formula is C29H28N8O4. The first kappa shape index (κ1) is 21.9. The zero-order valence-electron chi connectivity index (χ0n) is 25.1. The maximum Gasteiger partial charge on any atom is 0.228 e. The number of nitrogens with zero attached hydrogens (tertiary/aromatic N) is 7. The van der Waals surface area contributed by atoms with Crippen LogP contribution < -0.4 is 19.7 Å². The smallest absolute Gasteiger partial charge is 0.228 e. The fourth-order valence-electron chi connectivity index (χ4n) is 4.54. The molecule has 5 aromatic rings. The molecule has 1 saturated heterocycles. The third-order valence-electron chi connectivity index (χ3n) is 7.02. The summed E-state index contributed by atoms with van der Waals surface area (Å²) in [4.78, 5) is 23.0. The predicted octanol–water partition coefficient (Wildman–Crippen LogP) is 3.51. The second-order valence-corrected chi connectivity index (χ2v) is 10.1. The quantitative estimate of drug-likeness (QED) is 0.288. The van der Waals surface area contributed by atoms with Crippen LogP contribution in [0.3, 0.4) is 0 Å². The highest BCUT2D eigenvalue weighted by atomic mass is 16.6. The van der Waals surface area contributed by atoms with E-state index >= 15 is 0 Å². The number of carbonyl (C=O) groups excluding carboxylic acids is 1. The lowest BCUT2D eigenvalue weighted by molar-refractivity contribution is -0.117. The fourth-order valence-corrected chi connectivity index (χ4v) is 4.54. The summed E-state index contributed by atoms with van der Waals surface area (Å²) in [6.07, 6.45) is 4.92. The summed E-state index contributed by atoms with van der Waals surface area (Å²) < 4.78 is 43.0. The Hall–Kier alpha value is -4.84. The average molecular weight is 556 g/mol. The Morgan fingerprint density at radius 1 is 1.17 bits per heavy atom. The maximum absolute atomic E-state index is 12.5. The minimum atomic E-state index is -2.56. The van der Waals surface area contributed by atoms with Crippen molar-refractivity contribution >= 4 is 34.1 Å². The number of benzene rings is 1. The van der Waals surface area contributed by atoms with Gasteiger partial charge in [0.25, 0.3) is 0 Å². The van der Waals surface area contributed by atoms with Crippen molar-refractivity contribution in [3.8, 4) is 22.9 Å². The molecule has 2 aliphatic rings. The van der Waals surface area contributed by atoms with Crippen LogP contribution in [0.5, 0.6) is 11.5 Å². The predicted molar refractivity (Wildman–Crippen MR) is 151 cm³/mol. The van der Waals surface area contributed by atoms with Gasteiger partial charge in [0.1, 0.15) is 23.1 Å². The molecule has 4 aromatic heterocycles. The number of amides is 1. The van der Waals surface area contributed by atoms with Crippen LogP contribution in [0.2, 0.25) is 0 Å². The molecule has 7 rings (SSSR count). The van der Waals surface area contributed by atoms with E-state index in [-0.39, 0.29) is 41.6 Å². The van der Waals surface area contributed by atoms with E-state index in [0.717, 1.165) is 18.4 Å². The number of rotatable bonds is 9. The van der Waals surface area contributed by atoms with Gasteiger partial charge in [0.05, 0.1) is 26.5 Å². The summed E-state index contributed by atoms with van der Waals surface area (Å²) in [5.74, 6) is 1.79. The van der Waals surface area contributed by atoms with Gasteiger partial charge >= 0.3 is 0 Å². The van der Waals surface area contributed by atoms with Gasteiger partial charge in [0.2, 0.25) is 5.91 Å². The Morgan fingerprint density at radius 2 is 2.00 bits per heavy atom. The average Bonchev–Trinajstić information content (AvgIpc) is 3.76. The first-order valence-electron chi connectivity index (χ1n) is 14.7. The van der Waals surface area contributed by atoms with Gasteiger partial charge < -0.3 is 24.4 Å². The maximum atomic E-state index is 12.5. The fraction of sp³-hybridized carbons (Fsp3) is 0.310. The second kappa shape index (κ2) is 10.3. The van der Waals surface area contributed by atoms with E-state index in [0.29, 0.717) is 47.1 Å². The highest BCUT2D eigenvalue weighted by Crippen LogP contribution is 2.34. The molecule has 0 atom stereocenters. The first-order chi connectivity index (χ1) is 21.2. The zero-order valence-corrected chi connectivity index (χ0v) is 22.1. The van der Waals surface area contributed by atoms with Crippen molar-refractivity contribution in [3.05, 3.63) is 60.4 Å². The van der Waals surface area contributed by atoms with Gasteiger partial charge in [-0.25, -0.2) is 14.5 Å².